The molecule has 0 rings (SSSR count). The lowest BCUT2D eigenvalue weighted by Crippen LogP contribution is -2.30. The molecule has 0 saturated heterocycles. The Morgan fingerprint density at radius 1 is 1.86 bits per heavy atom. The Bertz CT molecular complexity index is 89.1. The number of hydrogen-bond donors (Lipinski definition) is 3. The third kappa shape index (κ3) is 5.38. The maximum absolute atomic E-state index is 9.57. The maximum atomic E-state index is 9.57. The zero-order valence-corrected chi connectivity index (χ0v) is 4.07. The summed E-state index contributed by atoms with van der Waals surface area (Å²) in [5.74, 6) is 0. The van der Waals surface area contributed by atoms with Crippen molar-refractivity contribution in [1.82, 2.24) is 4.72 Å². The van der Waals surface area contributed by atoms with Gasteiger partial charge in [0, 0.05) is 0 Å². The lowest BCUT2D eigenvalue weighted by Gasteiger charge is -1.87. The zero-order valence-electron chi connectivity index (χ0n) is 3.25. The van der Waals surface area contributed by atoms with Crippen LogP contribution in [0.3, 0.4) is 0 Å². The van der Waals surface area contributed by atoms with Gasteiger partial charge >= 0.3 is 6.03 Å². The van der Waals surface area contributed by atoms with E-state index in [0.29, 0.717) is 0 Å². The number of nitrogens with two attached hydrogens (primary N) is 1. The molecule has 0 aromatic rings. The van der Waals surface area contributed by atoms with E-state index in [-0.39, 0.29) is 0 Å². The van der Waals surface area contributed by atoms with Crippen LogP contribution in [0.5, 0.6) is 0 Å². The molecule has 2 amide bonds. The van der Waals surface area contributed by atoms with Crippen LogP contribution in [0.15, 0.2) is 0 Å². The van der Waals surface area contributed by atoms with Crippen LogP contribution in [0, 0.1) is 0 Å². The molecule has 0 radical (unpaired) electrons. The highest BCUT2D eigenvalue weighted by Crippen LogP contribution is 1.58. The summed E-state index contributed by atoms with van der Waals surface area (Å²) < 4.78 is 18.8. The number of carbonyl (C=O) groups excluding carboxylic acids is 1. The van der Waals surface area contributed by atoms with Gasteiger partial charge in [-0.25, -0.2) is 13.7 Å². The van der Waals surface area contributed by atoms with Crippen LogP contribution in [0.2, 0.25) is 0 Å². The van der Waals surface area contributed by atoms with Gasteiger partial charge in [0.05, 0.1) is 0 Å². The Morgan fingerprint density at radius 3 is 2.29 bits per heavy atom. The second-order valence-corrected chi connectivity index (χ2v) is 1.42. The number of rotatable bonds is 1. The van der Waals surface area contributed by atoms with Crippen LogP contribution in [0.25, 0.3) is 0 Å². The van der Waals surface area contributed by atoms with Crippen molar-refractivity contribution in [3.63, 3.8) is 0 Å². The fraction of sp³-hybridized carbons (Fsp3) is 0. The average molecular weight is 124 g/mol. The molecule has 0 fully saturated rings. The summed E-state index contributed by atoms with van der Waals surface area (Å²) in [5.41, 5.74) is 4.39. The van der Waals surface area contributed by atoms with Crippen LogP contribution in [-0.4, -0.2) is 14.8 Å². The molecule has 6 heteroatoms. The Kier molecular flexibility index (Phi) is 2.31. The van der Waals surface area contributed by atoms with Crippen molar-refractivity contribution in [2.75, 3.05) is 0 Å². The number of nitrogens with one attached hydrogen (secondary N) is 1. The lowest BCUT2D eigenvalue weighted by atomic mass is 11.2. The molecule has 0 aromatic heterocycles. The standard InChI is InChI=1S/CH4N2O3S/c2-1(4)3-7(5)6/h(H,5,6)(H3,2,3,4). The normalized spacial score (nSPS) is 12.7. The number of amides is 2. The van der Waals surface area contributed by atoms with E-state index < -0.39 is 17.3 Å². The predicted octanol–water partition coefficient (Wildman–Crippen LogP) is -1.21. The number of hydrogen-bond acceptors (Lipinski definition) is 2. The molecule has 1 atom stereocenters. The molecule has 0 bridgehead atoms. The van der Waals surface area contributed by atoms with Gasteiger partial charge in [0.25, 0.3) is 11.3 Å². The number of primary amides is 1. The van der Waals surface area contributed by atoms with Crippen molar-refractivity contribution in [3.8, 4) is 0 Å². The van der Waals surface area contributed by atoms with Gasteiger partial charge in [0.1, 0.15) is 0 Å². The Balaban J connectivity index is 3.32. The van der Waals surface area contributed by atoms with E-state index in [4.69, 9.17) is 4.55 Å². The minimum atomic E-state index is -2.32. The Labute approximate surface area is 42.3 Å². The molecule has 0 heterocycles. The second-order valence-electron chi connectivity index (χ2n) is 0.715. The summed E-state index contributed by atoms with van der Waals surface area (Å²) in [5, 5.41) is 0. The highest BCUT2D eigenvalue weighted by Gasteiger charge is 1.91. The largest absolute Gasteiger partial charge is 0.351 e. The summed E-state index contributed by atoms with van der Waals surface area (Å²) in [4.78, 5) is 9.57. The number of urea groups is 1. The third-order valence-electron chi connectivity index (χ3n) is 0.188. The fourth-order valence-corrected chi connectivity index (χ4v) is 0.258. The van der Waals surface area contributed by atoms with E-state index in [9.17, 15) is 9.00 Å². The average Bonchev–Trinajstić information content (AvgIpc) is 1.27. The molecule has 0 aliphatic heterocycles. The van der Waals surface area contributed by atoms with Gasteiger partial charge in [-0.1, -0.05) is 0 Å². The van der Waals surface area contributed by atoms with E-state index >= 15 is 0 Å². The van der Waals surface area contributed by atoms with Crippen molar-refractivity contribution in [3.05, 3.63) is 0 Å². The number of carbonyl (C=O) groups is 1. The monoisotopic (exact) mass is 124 g/mol. The van der Waals surface area contributed by atoms with Crippen LogP contribution in [-0.2, 0) is 11.3 Å². The summed E-state index contributed by atoms with van der Waals surface area (Å²) >= 11 is -2.32. The van der Waals surface area contributed by atoms with E-state index in [1.54, 1.807) is 0 Å². The molecular weight excluding hydrogens is 120 g/mol. The first kappa shape index (κ1) is 6.38. The van der Waals surface area contributed by atoms with Gasteiger partial charge in [-0.2, -0.15) is 0 Å². The molecular formula is CH4N2O3S. The molecule has 4 N–H and O–H groups in total. The van der Waals surface area contributed by atoms with E-state index in [0.717, 1.165) is 0 Å². The van der Waals surface area contributed by atoms with Crippen molar-refractivity contribution in [1.29, 1.82) is 0 Å². The minimum Gasteiger partial charge on any atom is -0.351 e. The van der Waals surface area contributed by atoms with Gasteiger partial charge in [0.2, 0.25) is 0 Å². The smallest absolute Gasteiger partial charge is 0.325 e. The molecule has 7 heavy (non-hydrogen) atoms. The molecule has 1 unspecified atom stereocenters. The van der Waals surface area contributed by atoms with Gasteiger partial charge in [-0.05, 0) is 0 Å². The zero-order chi connectivity index (χ0) is 5.86. The highest BCUT2D eigenvalue weighted by atomic mass is 32.2. The molecule has 0 aromatic carbocycles. The quantitative estimate of drug-likeness (QED) is 0.383. The van der Waals surface area contributed by atoms with Crippen LogP contribution >= 0.6 is 0 Å². The first-order valence-electron chi connectivity index (χ1n) is 1.30. The third-order valence-corrected chi connectivity index (χ3v) is 0.564. The van der Waals surface area contributed by atoms with E-state index in [1.807, 2.05) is 0 Å². The molecule has 5 nitrogen and oxygen atoms in total. The molecule has 0 spiro atoms. The van der Waals surface area contributed by atoms with Crippen molar-refractivity contribution >= 4 is 17.3 Å². The van der Waals surface area contributed by atoms with Crippen molar-refractivity contribution in [2.45, 2.75) is 0 Å². The summed E-state index contributed by atoms with van der Waals surface area (Å²) in [7, 11) is 0. The predicted molar refractivity (Wildman–Crippen MR) is 23.5 cm³/mol. The minimum absolute atomic E-state index is 1.01. The van der Waals surface area contributed by atoms with Crippen LogP contribution in [0.1, 0.15) is 0 Å². The fourth-order valence-electron chi connectivity index (χ4n) is 0.0861. The van der Waals surface area contributed by atoms with Gasteiger partial charge in [0.15, 0.2) is 0 Å². The van der Waals surface area contributed by atoms with Crippen molar-refractivity contribution in [2.24, 2.45) is 5.73 Å². The van der Waals surface area contributed by atoms with Crippen molar-refractivity contribution < 1.29 is 13.6 Å². The van der Waals surface area contributed by atoms with Crippen LogP contribution in [0.4, 0.5) is 4.79 Å². The van der Waals surface area contributed by atoms with E-state index in [1.165, 1.54) is 4.72 Å². The highest BCUT2D eigenvalue weighted by molar-refractivity contribution is 7.77. The summed E-state index contributed by atoms with van der Waals surface area (Å²) in [6.07, 6.45) is 0. The Hall–Kier alpha value is -0.620. The van der Waals surface area contributed by atoms with Gasteiger partial charge < -0.3 is 5.73 Å². The first-order valence-corrected chi connectivity index (χ1v) is 2.40. The summed E-state index contributed by atoms with van der Waals surface area (Å²) in [6.45, 7) is 0. The topological polar surface area (TPSA) is 92.4 Å². The maximum Gasteiger partial charge on any atom is 0.325 e. The SMILES string of the molecule is NC(=O)NS(=O)O. The molecule has 0 saturated carbocycles. The summed E-state index contributed by atoms with van der Waals surface area (Å²) in [6, 6.07) is -1.01. The lowest BCUT2D eigenvalue weighted by molar-refractivity contribution is 0.253. The Morgan fingerprint density at radius 2 is 2.29 bits per heavy atom. The van der Waals surface area contributed by atoms with Gasteiger partial charge in [-0.15, -0.1) is 0 Å². The van der Waals surface area contributed by atoms with E-state index in [2.05, 4.69) is 5.73 Å². The molecule has 0 aliphatic rings. The first-order chi connectivity index (χ1) is 3.13. The molecule has 0 aliphatic carbocycles. The molecule has 42 valence electrons. The van der Waals surface area contributed by atoms with Gasteiger partial charge in [-0.3, -0.25) is 4.55 Å². The van der Waals surface area contributed by atoms with Crippen LogP contribution < -0.4 is 10.5 Å². The second kappa shape index (κ2) is 2.54.